The van der Waals surface area contributed by atoms with E-state index >= 15 is 0 Å². The second kappa shape index (κ2) is 6.95. The standard InChI is InChI=1S/C17H15N7O4/c1-2-28-12-5-9(10-6-18-24(7-10)8-13(25)26)3-4-11(12)15-19-16-14(17(27)20-15)21-23-22-16/h3-7H,2,8H2,1H3,(H,25,26)(H2,19,20,21,22,23,27). The molecule has 0 fully saturated rings. The highest BCUT2D eigenvalue weighted by molar-refractivity contribution is 5.76. The Balaban J connectivity index is 1.77. The third kappa shape index (κ3) is 3.20. The molecular formula is C17H15N7O4. The van der Waals surface area contributed by atoms with Crippen LogP contribution >= 0.6 is 0 Å². The summed E-state index contributed by atoms with van der Waals surface area (Å²) in [6.07, 6.45) is 3.22. The van der Waals surface area contributed by atoms with Crippen LogP contribution < -0.4 is 10.3 Å². The molecule has 3 heterocycles. The summed E-state index contributed by atoms with van der Waals surface area (Å²) in [6.45, 7) is 2.03. The van der Waals surface area contributed by atoms with Gasteiger partial charge >= 0.3 is 5.97 Å². The van der Waals surface area contributed by atoms with Gasteiger partial charge in [0.1, 0.15) is 18.1 Å². The fraction of sp³-hybridized carbons (Fsp3) is 0.176. The molecular weight excluding hydrogens is 366 g/mol. The number of ether oxygens (including phenoxy) is 1. The Morgan fingerprint density at radius 1 is 1.32 bits per heavy atom. The lowest BCUT2D eigenvalue weighted by atomic mass is 10.1. The molecule has 0 saturated heterocycles. The molecule has 0 unspecified atom stereocenters. The number of carboxylic acid groups (broad SMARTS) is 1. The molecule has 0 amide bonds. The summed E-state index contributed by atoms with van der Waals surface area (Å²) in [4.78, 5) is 30.0. The highest BCUT2D eigenvalue weighted by Gasteiger charge is 2.15. The summed E-state index contributed by atoms with van der Waals surface area (Å²) in [6, 6.07) is 5.37. The van der Waals surface area contributed by atoms with Crippen LogP contribution in [-0.4, -0.2) is 52.8 Å². The van der Waals surface area contributed by atoms with Gasteiger partial charge in [-0.25, -0.2) is 10.1 Å². The molecule has 28 heavy (non-hydrogen) atoms. The third-order valence-electron chi connectivity index (χ3n) is 4.00. The normalized spacial score (nSPS) is 11.0. The highest BCUT2D eigenvalue weighted by atomic mass is 16.5. The third-order valence-corrected chi connectivity index (χ3v) is 4.00. The summed E-state index contributed by atoms with van der Waals surface area (Å²) in [5.41, 5.74) is 2.12. The largest absolute Gasteiger partial charge is 0.493 e. The summed E-state index contributed by atoms with van der Waals surface area (Å²) in [5.74, 6) is -0.139. The number of hydrogen-bond donors (Lipinski definition) is 3. The molecule has 4 rings (SSSR count). The minimum Gasteiger partial charge on any atom is -0.493 e. The van der Waals surface area contributed by atoms with Gasteiger partial charge in [0.05, 0.1) is 18.4 Å². The van der Waals surface area contributed by atoms with Crippen molar-refractivity contribution in [3.05, 3.63) is 40.9 Å². The van der Waals surface area contributed by atoms with Crippen LogP contribution in [0.25, 0.3) is 33.7 Å². The van der Waals surface area contributed by atoms with Gasteiger partial charge < -0.3 is 14.8 Å². The summed E-state index contributed by atoms with van der Waals surface area (Å²) in [5, 5.41) is 22.8. The Morgan fingerprint density at radius 3 is 2.96 bits per heavy atom. The van der Waals surface area contributed by atoms with Crippen molar-refractivity contribution in [2.75, 3.05) is 6.61 Å². The van der Waals surface area contributed by atoms with E-state index in [2.05, 4.69) is 30.5 Å². The maximum absolute atomic E-state index is 12.2. The van der Waals surface area contributed by atoms with Crippen molar-refractivity contribution in [1.29, 1.82) is 0 Å². The van der Waals surface area contributed by atoms with Gasteiger partial charge in [-0.15, -0.1) is 5.10 Å². The number of benzene rings is 1. The quantitative estimate of drug-likeness (QED) is 0.448. The molecule has 0 atom stereocenters. The van der Waals surface area contributed by atoms with Crippen LogP contribution in [-0.2, 0) is 11.3 Å². The SMILES string of the molecule is CCOc1cc(-c2cnn(CC(=O)O)c2)ccc1-c1nc2[nH]nnc2c(=O)[nH]1. The maximum Gasteiger partial charge on any atom is 0.325 e. The summed E-state index contributed by atoms with van der Waals surface area (Å²) in [7, 11) is 0. The second-order valence-corrected chi connectivity index (χ2v) is 5.89. The molecule has 0 aliphatic carbocycles. The van der Waals surface area contributed by atoms with Crippen molar-refractivity contribution in [3.8, 4) is 28.3 Å². The molecule has 0 saturated carbocycles. The predicted octanol–water partition coefficient (Wildman–Crippen LogP) is 1.05. The molecule has 3 N–H and O–H groups in total. The molecule has 11 heteroatoms. The molecule has 3 aromatic heterocycles. The molecule has 11 nitrogen and oxygen atoms in total. The minimum atomic E-state index is -0.973. The number of carboxylic acids is 1. The Bertz CT molecular complexity index is 1220. The highest BCUT2D eigenvalue weighted by Crippen LogP contribution is 2.32. The van der Waals surface area contributed by atoms with Crippen LogP contribution in [0.2, 0.25) is 0 Å². The van der Waals surface area contributed by atoms with E-state index in [0.717, 1.165) is 11.1 Å². The smallest absolute Gasteiger partial charge is 0.325 e. The van der Waals surface area contributed by atoms with Crippen molar-refractivity contribution in [1.82, 2.24) is 35.2 Å². The van der Waals surface area contributed by atoms with Crippen LogP contribution in [0.5, 0.6) is 5.75 Å². The fourth-order valence-corrected chi connectivity index (χ4v) is 2.80. The van der Waals surface area contributed by atoms with Crippen LogP contribution in [0.15, 0.2) is 35.4 Å². The molecule has 0 bridgehead atoms. The van der Waals surface area contributed by atoms with Gasteiger partial charge in [0.2, 0.25) is 0 Å². The van der Waals surface area contributed by atoms with Crippen LogP contribution in [0.1, 0.15) is 6.92 Å². The molecule has 4 aromatic rings. The number of fused-ring (bicyclic) bond motifs is 1. The molecule has 0 radical (unpaired) electrons. The second-order valence-electron chi connectivity index (χ2n) is 5.89. The van der Waals surface area contributed by atoms with E-state index in [9.17, 15) is 9.59 Å². The molecule has 0 spiro atoms. The van der Waals surface area contributed by atoms with Gasteiger partial charge in [-0.2, -0.15) is 5.10 Å². The first-order chi connectivity index (χ1) is 13.5. The zero-order valence-corrected chi connectivity index (χ0v) is 14.7. The van der Waals surface area contributed by atoms with E-state index in [1.165, 1.54) is 4.68 Å². The fourth-order valence-electron chi connectivity index (χ4n) is 2.80. The summed E-state index contributed by atoms with van der Waals surface area (Å²) < 4.78 is 7.07. The first-order valence-corrected chi connectivity index (χ1v) is 8.38. The first-order valence-electron chi connectivity index (χ1n) is 8.38. The summed E-state index contributed by atoms with van der Waals surface area (Å²) >= 11 is 0. The van der Waals surface area contributed by atoms with E-state index in [4.69, 9.17) is 9.84 Å². The lowest BCUT2D eigenvalue weighted by Gasteiger charge is -2.11. The van der Waals surface area contributed by atoms with Gasteiger partial charge in [-0.3, -0.25) is 14.3 Å². The van der Waals surface area contributed by atoms with Gasteiger partial charge in [0.25, 0.3) is 5.56 Å². The average Bonchev–Trinajstić information content (AvgIpc) is 3.31. The zero-order chi connectivity index (χ0) is 19.7. The number of hydrogen-bond acceptors (Lipinski definition) is 7. The zero-order valence-electron chi connectivity index (χ0n) is 14.7. The Hall–Kier alpha value is -4.02. The maximum atomic E-state index is 12.2. The van der Waals surface area contributed by atoms with E-state index in [0.29, 0.717) is 23.7 Å². The Kier molecular flexibility index (Phi) is 4.32. The monoisotopic (exact) mass is 381 g/mol. The van der Waals surface area contributed by atoms with Crippen LogP contribution in [0, 0.1) is 0 Å². The van der Waals surface area contributed by atoms with Gasteiger partial charge in [-0.05, 0) is 24.6 Å². The van der Waals surface area contributed by atoms with E-state index < -0.39 is 11.5 Å². The van der Waals surface area contributed by atoms with E-state index in [-0.39, 0.29) is 17.7 Å². The van der Waals surface area contributed by atoms with Gasteiger partial charge in [-0.1, -0.05) is 11.3 Å². The van der Waals surface area contributed by atoms with Crippen molar-refractivity contribution < 1.29 is 14.6 Å². The van der Waals surface area contributed by atoms with Crippen molar-refractivity contribution in [2.24, 2.45) is 0 Å². The number of aromatic nitrogens is 7. The average molecular weight is 381 g/mol. The lowest BCUT2D eigenvalue weighted by molar-refractivity contribution is -0.137. The topological polar surface area (TPSA) is 152 Å². The predicted molar refractivity (Wildman–Crippen MR) is 97.8 cm³/mol. The number of aliphatic carboxylic acids is 1. The molecule has 0 aliphatic rings. The van der Waals surface area contributed by atoms with Crippen LogP contribution in [0.4, 0.5) is 0 Å². The minimum absolute atomic E-state index is 0.129. The van der Waals surface area contributed by atoms with E-state index in [1.54, 1.807) is 24.5 Å². The molecule has 0 aliphatic heterocycles. The van der Waals surface area contributed by atoms with Gasteiger partial charge in [0, 0.05) is 11.8 Å². The van der Waals surface area contributed by atoms with Crippen molar-refractivity contribution >= 4 is 17.1 Å². The molecule has 142 valence electrons. The lowest BCUT2D eigenvalue weighted by Crippen LogP contribution is -2.10. The van der Waals surface area contributed by atoms with Gasteiger partial charge in [0.15, 0.2) is 11.2 Å². The molecule has 1 aromatic carbocycles. The number of carbonyl (C=O) groups is 1. The van der Waals surface area contributed by atoms with Crippen molar-refractivity contribution in [3.63, 3.8) is 0 Å². The Morgan fingerprint density at radius 2 is 2.18 bits per heavy atom. The number of H-pyrrole nitrogens is 2. The number of aromatic amines is 2. The Labute approximate surface area is 157 Å². The van der Waals surface area contributed by atoms with E-state index in [1.807, 2.05) is 13.0 Å². The van der Waals surface area contributed by atoms with Crippen LogP contribution in [0.3, 0.4) is 0 Å². The number of nitrogens with zero attached hydrogens (tertiary/aromatic N) is 5. The number of rotatable bonds is 6. The van der Waals surface area contributed by atoms with Crippen molar-refractivity contribution in [2.45, 2.75) is 13.5 Å². The first kappa shape index (κ1) is 17.4. The number of nitrogens with one attached hydrogen (secondary N) is 2.